The number of benzene rings is 2. The van der Waals surface area contributed by atoms with E-state index >= 15 is 0 Å². The Balaban J connectivity index is 1.66. The van der Waals surface area contributed by atoms with Crippen molar-refractivity contribution in [2.24, 2.45) is 0 Å². The molecular formula is C18H12N2O2. The molecule has 2 aromatic carbocycles. The van der Waals surface area contributed by atoms with E-state index in [9.17, 15) is 0 Å². The Bertz CT molecular complexity index is 804. The van der Waals surface area contributed by atoms with Crippen molar-refractivity contribution in [1.29, 1.82) is 0 Å². The fourth-order valence-electron chi connectivity index (χ4n) is 2.23. The maximum atomic E-state index is 5.49. The van der Waals surface area contributed by atoms with Crippen molar-refractivity contribution in [2.75, 3.05) is 0 Å². The van der Waals surface area contributed by atoms with Gasteiger partial charge in [-0.1, -0.05) is 60.7 Å². The molecule has 0 aliphatic carbocycles. The summed E-state index contributed by atoms with van der Waals surface area (Å²) in [7, 11) is 0. The Morgan fingerprint density at radius 1 is 0.545 bits per heavy atom. The second kappa shape index (κ2) is 5.33. The molecule has 2 heterocycles. The summed E-state index contributed by atoms with van der Waals surface area (Å²) in [5, 5.41) is 0. The van der Waals surface area contributed by atoms with Gasteiger partial charge in [0.1, 0.15) is 23.9 Å². The number of nitrogens with zero attached hydrogens (tertiary/aromatic N) is 2. The third-order valence-electron chi connectivity index (χ3n) is 3.33. The van der Waals surface area contributed by atoms with Crippen molar-refractivity contribution in [3.8, 4) is 34.3 Å². The first-order chi connectivity index (χ1) is 10.9. The molecule has 22 heavy (non-hydrogen) atoms. The van der Waals surface area contributed by atoms with Crippen LogP contribution in [0.2, 0.25) is 0 Å². The van der Waals surface area contributed by atoms with Crippen molar-refractivity contribution < 1.29 is 8.83 Å². The maximum Gasteiger partial charge on any atom is 0.284 e. The van der Waals surface area contributed by atoms with E-state index < -0.39 is 0 Å². The van der Waals surface area contributed by atoms with Gasteiger partial charge in [-0.15, -0.1) is 0 Å². The molecule has 0 amide bonds. The Morgan fingerprint density at radius 3 is 1.36 bits per heavy atom. The SMILES string of the molecule is c1ccc(-c2coc(-c3nc(-c4ccccc4)co3)n2)cc1. The molecule has 0 fully saturated rings. The van der Waals surface area contributed by atoms with Crippen LogP contribution in [-0.4, -0.2) is 9.97 Å². The summed E-state index contributed by atoms with van der Waals surface area (Å²) < 4.78 is 11.0. The van der Waals surface area contributed by atoms with Crippen molar-refractivity contribution in [3.63, 3.8) is 0 Å². The van der Waals surface area contributed by atoms with Gasteiger partial charge in [0.2, 0.25) is 0 Å². The number of hydrogen-bond acceptors (Lipinski definition) is 4. The molecule has 4 rings (SSSR count). The first kappa shape index (κ1) is 12.6. The Hall–Kier alpha value is -3.14. The van der Waals surface area contributed by atoms with Crippen LogP contribution in [-0.2, 0) is 0 Å². The van der Waals surface area contributed by atoms with E-state index in [1.165, 1.54) is 0 Å². The van der Waals surface area contributed by atoms with Gasteiger partial charge >= 0.3 is 0 Å². The molecule has 4 nitrogen and oxygen atoms in total. The van der Waals surface area contributed by atoms with Gasteiger partial charge in [0.25, 0.3) is 11.8 Å². The van der Waals surface area contributed by atoms with Crippen LogP contribution in [0.3, 0.4) is 0 Å². The Kier molecular flexibility index (Phi) is 3.05. The second-order valence-electron chi connectivity index (χ2n) is 4.81. The first-order valence-electron chi connectivity index (χ1n) is 6.92. The van der Waals surface area contributed by atoms with Crippen LogP contribution in [0.1, 0.15) is 0 Å². The number of oxazole rings is 2. The largest absolute Gasteiger partial charge is 0.440 e. The lowest BCUT2D eigenvalue weighted by Crippen LogP contribution is -1.81. The van der Waals surface area contributed by atoms with Crippen molar-refractivity contribution >= 4 is 0 Å². The summed E-state index contributed by atoms with van der Waals surface area (Å²) in [6.07, 6.45) is 3.22. The van der Waals surface area contributed by atoms with Crippen LogP contribution in [0, 0.1) is 0 Å². The normalized spacial score (nSPS) is 10.7. The van der Waals surface area contributed by atoms with E-state index in [-0.39, 0.29) is 0 Å². The highest BCUT2D eigenvalue weighted by molar-refractivity contribution is 5.62. The highest BCUT2D eigenvalue weighted by atomic mass is 16.4. The maximum absolute atomic E-state index is 5.49. The van der Waals surface area contributed by atoms with Crippen LogP contribution in [0.15, 0.2) is 82.0 Å². The third-order valence-corrected chi connectivity index (χ3v) is 3.33. The van der Waals surface area contributed by atoms with Crippen LogP contribution < -0.4 is 0 Å². The second-order valence-corrected chi connectivity index (χ2v) is 4.81. The summed E-state index contributed by atoms with van der Waals surface area (Å²) >= 11 is 0. The smallest absolute Gasteiger partial charge is 0.284 e. The summed E-state index contributed by atoms with van der Waals surface area (Å²) in [6.45, 7) is 0. The predicted octanol–water partition coefficient (Wildman–Crippen LogP) is 4.66. The fraction of sp³-hybridized carbons (Fsp3) is 0. The van der Waals surface area contributed by atoms with E-state index in [2.05, 4.69) is 9.97 Å². The lowest BCUT2D eigenvalue weighted by Gasteiger charge is -1.92. The molecular weight excluding hydrogens is 276 g/mol. The van der Waals surface area contributed by atoms with Crippen LogP contribution >= 0.6 is 0 Å². The number of aromatic nitrogens is 2. The van der Waals surface area contributed by atoms with Gasteiger partial charge in [0.05, 0.1) is 0 Å². The van der Waals surface area contributed by atoms with Crippen LogP contribution in [0.5, 0.6) is 0 Å². The van der Waals surface area contributed by atoms with Gasteiger partial charge in [0, 0.05) is 11.1 Å². The molecule has 0 bridgehead atoms. The summed E-state index contributed by atoms with van der Waals surface area (Å²) in [5.74, 6) is 0.752. The molecule has 4 aromatic rings. The molecule has 106 valence electrons. The monoisotopic (exact) mass is 288 g/mol. The van der Waals surface area contributed by atoms with Gasteiger partial charge in [-0.05, 0) is 0 Å². The molecule has 0 aliphatic heterocycles. The van der Waals surface area contributed by atoms with E-state index in [1.54, 1.807) is 12.5 Å². The molecule has 0 unspecified atom stereocenters. The zero-order valence-corrected chi connectivity index (χ0v) is 11.6. The minimum Gasteiger partial charge on any atom is -0.440 e. The van der Waals surface area contributed by atoms with Crippen molar-refractivity contribution in [3.05, 3.63) is 73.2 Å². The van der Waals surface area contributed by atoms with E-state index in [4.69, 9.17) is 8.83 Å². The third kappa shape index (κ3) is 2.31. The number of hydrogen-bond donors (Lipinski definition) is 0. The fourth-order valence-corrected chi connectivity index (χ4v) is 2.23. The molecule has 0 N–H and O–H groups in total. The average Bonchev–Trinajstić information content (AvgIpc) is 3.26. The summed E-state index contributed by atoms with van der Waals surface area (Å²) in [5.41, 5.74) is 3.50. The molecule has 0 spiro atoms. The topological polar surface area (TPSA) is 52.1 Å². The first-order valence-corrected chi connectivity index (χ1v) is 6.92. The van der Waals surface area contributed by atoms with Crippen molar-refractivity contribution in [2.45, 2.75) is 0 Å². The van der Waals surface area contributed by atoms with Crippen LogP contribution in [0.4, 0.5) is 0 Å². The van der Waals surface area contributed by atoms with Gasteiger partial charge in [-0.25, -0.2) is 9.97 Å². The summed E-state index contributed by atoms with van der Waals surface area (Å²) in [6, 6.07) is 19.7. The zero-order chi connectivity index (χ0) is 14.8. The molecule has 4 heteroatoms. The standard InChI is InChI=1S/C18H12N2O2/c1-3-7-13(8-4-1)15-11-21-17(19-15)18-20-16(12-22-18)14-9-5-2-6-10-14/h1-12H. The minimum absolute atomic E-state index is 0.376. The molecule has 0 atom stereocenters. The molecule has 0 radical (unpaired) electrons. The average molecular weight is 288 g/mol. The van der Waals surface area contributed by atoms with Crippen molar-refractivity contribution in [1.82, 2.24) is 9.97 Å². The lowest BCUT2D eigenvalue weighted by molar-refractivity contribution is 0.510. The molecule has 0 saturated heterocycles. The van der Waals surface area contributed by atoms with E-state index in [1.807, 2.05) is 60.7 Å². The minimum atomic E-state index is 0.376. The molecule has 0 saturated carbocycles. The predicted molar refractivity (Wildman–Crippen MR) is 82.9 cm³/mol. The van der Waals surface area contributed by atoms with E-state index in [0.29, 0.717) is 11.8 Å². The van der Waals surface area contributed by atoms with Gasteiger partial charge in [0.15, 0.2) is 0 Å². The quantitative estimate of drug-likeness (QED) is 0.550. The van der Waals surface area contributed by atoms with E-state index in [0.717, 1.165) is 22.5 Å². The Morgan fingerprint density at radius 2 is 0.955 bits per heavy atom. The van der Waals surface area contributed by atoms with Crippen LogP contribution in [0.25, 0.3) is 34.3 Å². The zero-order valence-electron chi connectivity index (χ0n) is 11.6. The lowest BCUT2D eigenvalue weighted by atomic mass is 10.2. The van der Waals surface area contributed by atoms with Gasteiger partial charge in [-0.3, -0.25) is 0 Å². The number of rotatable bonds is 3. The highest BCUT2D eigenvalue weighted by Gasteiger charge is 2.14. The van der Waals surface area contributed by atoms with Gasteiger partial charge in [-0.2, -0.15) is 0 Å². The van der Waals surface area contributed by atoms with Gasteiger partial charge < -0.3 is 8.83 Å². The highest BCUT2D eigenvalue weighted by Crippen LogP contribution is 2.26. The molecule has 2 aromatic heterocycles. The Labute approximate surface area is 127 Å². The summed E-state index contributed by atoms with van der Waals surface area (Å²) in [4.78, 5) is 8.87. The molecule has 0 aliphatic rings.